The molecular formula is C100H165N3O20. The highest BCUT2D eigenvalue weighted by Crippen LogP contribution is 2.64. The van der Waals surface area contributed by atoms with Crippen molar-refractivity contribution in [1.82, 2.24) is 15.5 Å². The molecule has 700 valence electrons. The minimum Gasteiger partial charge on any atom is -0.463 e. The van der Waals surface area contributed by atoms with Crippen molar-refractivity contribution >= 4 is 53.0 Å². The number of Topliss-reactive ketones (excluding diaryl/α,β-unsaturated/α-hetero) is 4. The van der Waals surface area contributed by atoms with E-state index >= 15 is 0 Å². The molecule has 3 saturated heterocycles. The van der Waals surface area contributed by atoms with E-state index in [1.165, 1.54) is 118 Å². The minimum atomic E-state index is -0.725. The summed E-state index contributed by atoms with van der Waals surface area (Å²) in [5, 5.41) is 5.93. The van der Waals surface area contributed by atoms with Crippen molar-refractivity contribution in [2.45, 2.75) is 396 Å². The van der Waals surface area contributed by atoms with E-state index < -0.39 is 48.8 Å². The smallest absolute Gasteiger partial charge is 0.410 e. The Hall–Kier alpha value is -5.53. The Bertz CT molecular complexity index is 3330. The lowest BCUT2D eigenvalue weighted by molar-refractivity contribution is -0.244. The number of nitrogens with zero attached hydrogens (tertiary/aromatic N) is 1. The number of rotatable bonds is 60. The molecule has 123 heavy (non-hydrogen) atoms. The number of nitrogens with one attached hydrogen (secondary N) is 2. The maximum absolute atomic E-state index is 14.2. The van der Waals surface area contributed by atoms with E-state index in [0.717, 1.165) is 98.5 Å². The highest BCUT2D eigenvalue weighted by atomic mass is 16.7. The zero-order chi connectivity index (χ0) is 87.9. The van der Waals surface area contributed by atoms with Crippen LogP contribution < -0.4 is 10.6 Å². The summed E-state index contributed by atoms with van der Waals surface area (Å²) < 4.78 is 66.9. The molecule has 23 heteroatoms. The maximum atomic E-state index is 14.2. The first-order valence-electron chi connectivity index (χ1n) is 48.2. The summed E-state index contributed by atoms with van der Waals surface area (Å²) in [6, 6.07) is 7.66. The van der Waals surface area contributed by atoms with E-state index in [0.29, 0.717) is 115 Å². The highest BCUT2D eigenvalue weighted by molar-refractivity contribution is 5.80. The van der Waals surface area contributed by atoms with Gasteiger partial charge in [0.05, 0.1) is 68.9 Å². The molecule has 21 atom stereocenters. The number of hydrogen-bond donors (Lipinski definition) is 2. The number of carbonyl (C=O) groups excluding carboxylic acids is 9. The largest absolute Gasteiger partial charge is 0.463 e. The monoisotopic (exact) mass is 1730 g/mol. The molecule has 0 aromatic heterocycles. The van der Waals surface area contributed by atoms with E-state index in [4.69, 9.17) is 52.1 Å². The minimum absolute atomic E-state index is 0. The molecule has 7 aliphatic rings. The number of fused-ring (bicyclic) bond motifs is 5. The summed E-state index contributed by atoms with van der Waals surface area (Å²) in [6.45, 7) is 26.4. The molecule has 3 saturated carbocycles. The first-order valence-corrected chi connectivity index (χ1v) is 48.2. The second-order valence-corrected chi connectivity index (χ2v) is 38.2. The van der Waals surface area contributed by atoms with E-state index in [9.17, 15) is 43.2 Å². The number of ketones is 4. The number of benzene rings is 1. The van der Waals surface area contributed by atoms with E-state index in [-0.39, 0.29) is 156 Å². The normalized spacial score (nSPS) is 28.6. The Kier molecular flexibility index (Phi) is 47.6. The van der Waals surface area contributed by atoms with Crippen LogP contribution in [0.15, 0.2) is 42.0 Å². The molecule has 0 radical (unpaired) electrons. The number of carbonyl (C=O) groups is 9. The zero-order valence-corrected chi connectivity index (χ0v) is 77.1. The van der Waals surface area contributed by atoms with Crippen LogP contribution in [0.2, 0.25) is 0 Å². The van der Waals surface area contributed by atoms with Crippen LogP contribution in [-0.2, 0) is 97.1 Å². The second-order valence-electron chi connectivity index (χ2n) is 38.2. The second kappa shape index (κ2) is 56.0. The topological polar surface area (TPSA) is 282 Å². The third-order valence-corrected chi connectivity index (χ3v) is 28.7. The number of ether oxygens (including phenoxy) is 11. The van der Waals surface area contributed by atoms with Gasteiger partial charge in [-0.2, -0.15) is 0 Å². The molecule has 3 heterocycles. The van der Waals surface area contributed by atoms with Gasteiger partial charge in [0.1, 0.15) is 49.1 Å². The molecule has 0 spiro atoms. The van der Waals surface area contributed by atoms with Gasteiger partial charge in [-0.15, -0.1) is 0 Å². The van der Waals surface area contributed by atoms with E-state index in [1.54, 1.807) is 10.5 Å². The van der Waals surface area contributed by atoms with Gasteiger partial charge in [-0.3, -0.25) is 43.3 Å². The van der Waals surface area contributed by atoms with Crippen LogP contribution in [0.25, 0.3) is 0 Å². The average Bonchev–Trinajstić information content (AvgIpc) is 1.72. The zero-order valence-electron chi connectivity index (χ0n) is 77.1. The molecule has 0 bridgehead atoms. The Balaban J connectivity index is 0.0000208. The van der Waals surface area contributed by atoms with Gasteiger partial charge in [0, 0.05) is 105 Å². The number of amides is 3. The molecule has 3 amide bonds. The lowest BCUT2D eigenvalue weighted by atomic mass is 9.49. The molecular weight excluding hydrogens is 1560 g/mol. The lowest BCUT2D eigenvalue weighted by Crippen LogP contribution is -2.73. The first kappa shape index (κ1) is 105. The van der Waals surface area contributed by atoms with E-state index in [2.05, 4.69) is 44.4 Å². The summed E-state index contributed by atoms with van der Waals surface area (Å²) in [4.78, 5) is 116. The van der Waals surface area contributed by atoms with Crippen LogP contribution in [0, 0.1) is 70.5 Å². The predicted octanol–water partition coefficient (Wildman–Crippen LogP) is 19.0. The van der Waals surface area contributed by atoms with Crippen molar-refractivity contribution in [3.63, 3.8) is 0 Å². The molecule has 4 aliphatic carbocycles. The maximum Gasteiger partial charge on any atom is 0.410 e. The van der Waals surface area contributed by atoms with Crippen LogP contribution in [0.1, 0.15) is 334 Å². The van der Waals surface area contributed by atoms with Gasteiger partial charge in [0.2, 0.25) is 11.8 Å². The van der Waals surface area contributed by atoms with Gasteiger partial charge >= 0.3 is 18.0 Å². The third-order valence-electron chi connectivity index (χ3n) is 28.7. The molecule has 13 unspecified atom stereocenters. The lowest BCUT2D eigenvalue weighted by Gasteiger charge is -2.56. The van der Waals surface area contributed by atoms with Crippen LogP contribution in [0.4, 0.5) is 4.79 Å². The van der Waals surface area contributed by atoms with Crippen molar-refractivity contribution in [2.75, 3.05) is 66.1 Å². The summed E-state index contributed by atoms with van der Waals surface area (Å²) >= 11 is 0. The first-order chi connectivity index (χ1) is 58.7. The predicted molar refractivity (Wildman–Crippen MR) is 477 cm³/mol. The van der Waals surface area contributed by atoms with Crippen LogP contribution in [-0.4, -0.2) is 185 Å². The standard InChI is InChI=1S/C99H161N3O20.CH4/c1-67(2)35-34-36-68(3)84-47-48-86-85(84)49-50-88-87(86)46-45-78-61-83(51-54-99(78,88)12)114-56-31-18-16-14-13-15-17-30-55-112-63-89-95(115-60-53-82(110)42-27-21-25-40-80(108)44-29-33-58-117-97-94(101-74(9)104)72(7)70(5)92(122-97)66-119-76(11)106)90(102(89)98(111)120-62-77-37-22-19-23-38-77)64-113-59-52-81(109)41-26-20-24-39-79(107)43-28-32-57-116-96-93(100-73(8)103)71(6)69(4)91(121-96)65-118-75(10)105;/h19,22-23,37-38,61,67-72,83-97H,13-18,20-21,24-36,39-60,62-66H2,1-12H3,(H,100,103)(H,101,104);1H4/t68-,69?,70?,71?,72?,83+,84-,85-,86-,87+,88+,89?,90?,91?,92?,93?,94?,95?,96?,97?,99+;/m1./s1. The fourth-order valence-corrected chi connectivity index (χ4v) is 21.1. The number of likely N-dealkylation sites (tertiary alicyclic amines) is 1. The Labute approximate surface area is 740 Å². The summed E-state index contributed by atoms with van der Waals surface area (Å²) in [6.07, 6.45) is 32.9. The van der Waals surface area contributed by atoms with Gasteiger partial charge < -0.3 is 62.7 Å². The van der Waals surface area contributed by atoms with Crippen LogP contribution in [0.3, 0.4) is 0 Å². The number of esters is 2. The van der Waals surface area contributed by atoms with Gasteiger partial charge in [0.25, 0.3) is 0 Å². The summed E-state index contributed by atoms with van der Waals surface area (Å²) in [5.41, 5.74) is 2.92. The SMILES string of the molecule is C.CC(=O)NC1C(OCCCCC(=O)CCCCCC(=O)CCOCC2C(OCCC(=O)CCCCCC(=O)CCCCOC3OC(COC(C)=O)C(C)C(C)C3NC(C)=O)C(COCCCCCCCCCCO[C@@H]3C=C4CC[C@H]5[C@@H]6CC[C@H]([C@H](C)CCCC(C)C)[C@H]6CC[C@@H]5[C@@]4(C)CC3)N2C(=O)OCc2ccccc2)OC(COC(C)=O)C(C)C1C. The molecule has 8 rings (SSSR count). The molecule has 3 aliphatic heterocycles. The summed E-state index contributed by atoms with van der Waals surface area (Å²) in [5.74, 6) is 5.55. The molecule has 1 aromatic rings. The number of allylic oxidation sites excluding steroid dienone is 1. The summed E-state index contributed by atoms with van der Waals surface area (Å²) in [7, 11) is 0. The van der Waals surface area contributed by atoms with Crippen molar-refractivity contribution in [1.29, 1.82) is 0 Å². The van der Waals surface area contributed by atoms with Gasteiger partial charge in [0.15, 0.2) is 12.6 Å². The van der Waals surface area contributed by atoms with Crippen molar-refractivity contribution < 1.29 is 95.3 Å². The van der Waals surface area contributed by atoms with Gasteiger partial charge in [-0.05, 0) is 192 Å². The molecule has 6 fully saturated rings. The van der Waals surface area contributed by atoms with Gasteiger partial charge in [-0.25, -0.2) is 4.79 Å². The van der Waals surface area contributed by atoms with Crippen molar-refractivity contribution in [3.8, 4) is 0 Å². The van der Waals surface area contributed by atoms with Gasteiger partial charge in [-0.1, -0.05) is 175 Å². The fourth-order valence-electron chi connectivity index (χ4n) is 21.1. The number of unbranched alkanes of at least 4 members (excludes halogenated alkanes) is 13. The van der Waals surface area contributed by atoms with Crippen molar-refractivity contribution in [2.24, 2.45) is 70.5 Å². The molecule has 2 N–H and O–H groups in total. The molecule has 1 aromatic carbocycles. The molecule has 23 nitrogen and oxygen atoms in total. The van der Waals surface area contributed by atoms with E-state index in [1.807, 2.05) is 58.0 Å². The quantitative estimate of drug-likeness (QED) is 0.0265. The highest BCUT2D eigenvalue weighted by Gasteiger charge is 2.56. The third kappa shape index (κ3) is 34.8. The Morgan fingerprint density at radius 3 is 1.45 bits per heavy atom. The van der Waals surface area contributed by atoms with Crippen molar-refractivity contribution in [3.05, 3.63) is 47.5 Å². The number of hydrogen-bond acceptors (Lipinski definition) is 20. The Morgan fingerprint density at radius 1 is 0.463 bits per heavy atom. The average molecular weight is 1730 g/mol. The van der Waals surface area contributed by atoms with Crippen LogP contribution >= 0.6 is 0 Å². The fraction of sp³-hybridized carbons (Fsp3) is 0.830. The van der Waals surface area contributed by atoms with Crippen LogP contribution in [0.5, 0.6) is 0 Å². The Morgan fingerprint density at radius 2 is 0.927 bits per heavy atom.